The fourth-order valence-corrected chi connectivity index (χ4v) is 3.14. The molecule has 3 nitrogen and oxygen atoms in total. The smallest absolute Gasteiger partial charge is 0.221 e. The standard InChI is InChI=1S/C17H26N2O/c1-4-14-7-5-6-8-16(14)19-17-11-15(18-13(3)20)10-9-12(17)2/h9-11,14,16,19H,4-8H2,1-3H3,(H,18,20). The number of hydrogen-bond acceptors (Lipinski definition) is 2. The van der Waals surface area contributed by atoms with Gasteiger partial charge in [-0.25, -0.2) is 0 Å². The molecule has 1 aromatic carbocycles. The molecule has 2 rings (SSSR count). The fourth-order valence-electron chi connectivity index (χ4n) is 3.14. The third kappa shape index (κ3) is 3.75. The van der Waals surface area contributed by atoms with Crippen LogP contribution < -0.4 is 10.6 Å². The minimum atomic E-state index is -0.0242. The molecule has 0 spiro atoms. The maximum Gasteiger partial charge on any atom is 0.221 e. The molecule has 2 atom stereocenters. The first-order valence-corrected chi connectivity index (χ1v) is 7.75. The summed E-state index contributed by atoms with van der Waals surface area (Å²) in [6.45, 7) is 5.94. The molecular weight excluding hydrogens is 248 g/mol. The van der Waals surface area contributed by atoms with E-state index < -0.39 is 0 Å². The van der Waals surface area contributed by atoms with Crippen molar-refractivity contribution in [1.29, 1.82) is 0 Å². The van der Waals surface area contributed by atoms with E-state index >= 15 is 0 Å². The number of carbonyl (C=O) groups is 1. The highest BCUT2D eigenvalue weighted by atomic mass is 16.1. The number of nitrogens with one attached hydrogen (secondary N) is 2. The molecule has 0 bridgehead atoms. The predicted octanol–water partition coefficient (Wildman–Crippen LogP) is 4.33. The van der Waals surface area contributed by atoms with Gasteiger partial charge in [0.2, 0.25) is 5.91 Å². The monoisotopic (exact) mass is 274 g/mol. The Kier molecular flexibility index (Phi) is 5.05. The Morgan fingerprint density at radius 2 is 2.05 bits per heavy atom. The van der Waals surface area contributed by atoms with E-state index in [9.17, 15) is 4.79 Å². The summed E-state index contributed by atoms with van der Waals surface area (Å²) in [5.74, 6) is 0.747. The van der Waals surface area contributed by atoms with Gasteiger partial charge in [0.1, 0.15) is 0 Å². The van der Waals surface area contributed by atoms with Crippen LogP contribution in [0.3, 0.4) is 0 Å². The lowest BCUT2D eigenvalue weighted by Crippen LogP contribution is -2.32. The van der Waals surface area contributed by atoms with Crippen LogP contribution in [0.5, 0.6) is 0 Å². The third-order valence-corrected chi connectivity index (χ3v) is 4.33. The molecule has 1 aliphatic rings. The molecule has 1 saturated carbocycles. The van der Waals surface area contributed by atoms with Crippen molar-refractivity contribution in [2.75, 3.05) is 10.6 Å². The Labute approximate surface area is 122 Å². The van der Waals surface area contributed by atoms with Crippen molar-refractivity contribution in [3.05, 3.63) is 23.8 Å². The Morgan fingerprint density at radius 3 is 2.75 bits per heavy atom. The predicted molar refractivity (Wildman–Crippen MR) is 85.1 cm³/mol. The summed E-state index contributed by atoms with van der Waals surface area (Å²) in [5.41, 5.74) is 3.26. The van der Waals surface area contributed by atoms with Crippen molar-refractivity contribution in [3.63, 3.8) is 0 Å². The van der Waals surface area contributed by atoms with Gasteiger partial charge in [0.15, 0.2) is 0 Å². The molecule has 2 N–H and O–H groups in total. The maximum absolute atomic E-state index is 11.2. The molecule has 1 amide bonds. The molecule has 0 radical (unpaired) electrons. The minimum absolute atomic E-state index is 0.0242. The molecule has 20 heavy (non-hydrogen) atoms. The number of rotatable bonds is 4. The van der Waals surface area contributed by atoms with E-state index in [0.29, 0.717) is 6.04 Å². The van der Waals surface area contributed by atoms with Gasteiger partial charge in [-0.1, -0.05) is 32.3 Å². The molecule has 110 valence electrons. The quantitative estimate of drug-likeness (QED) is 0.857. The fraction of sp³-hybridized carbons (Fsp3) is 0.588. The van der Waals surface area contributed by atoms with Gasteiger partial charge >= 0.3 is 0 Å². The largest absolute Gasteiger partial charge is 0.382 e. The third-order valence-electron chi connectivity index (χ3n) is 4.33. The molecule has 0 aliphatic heterocycles. The number of benzene rings is 1. The first-order chi connectivity index (χ1) is 9.60. The Hall–Kier alpha value is -1.51. The van der Waals surface area contributed by atoms with Gasteiger partial charge in [-0.05, 0) is 43.4 Å². The molecule has 0 heterocycles. The van der Waals surface area contributed by atoms with Gasteiger partial charge in [0, 0.05) is 24.3 Å². The highest BCUT2D eigenvalue weighted by molar-refractivity contribution is 5.89. The first kappa shape index (κ1) is 14.9. The molecule has 3 heteroatoms. The second kappa shape index (κ2) is 6.78. The van der Waals surface area contributed by atoms with Crippen molar-refractivity contribution in [3.8, 4) is 0 Å². The van der Waals surface area contributed by atoms with E-state index in [2.05, 4.69) is 36.6 Å². The molecule has 1 aromatic rings. The number of carbonyl (C=O) groups excluding carboxylic acids is 1. The van der Waals surface area contributed by atoms with Gasteiger partial charge in [-0.15, -0.1) is 0 Å². The lowest BCUT2D eigenvalue weighted by Gasteiger charge is -2.33. The normalized spacial score (nSPS) is 22.4. The highest BCUT2D eigenvalue weighted by Crippen LogP contribution is 2.31. The van der Waals surface area contributed by atoms with Crippen LogP contribution in [0.2, 0.25) is 0 Å². The van der Waals surface area contributed by atoms with E-state index in [-0.39, 0.29) is 5.91 Å². The van der Waals surface area contributed by atoms with E-state index in [4.69, 9.17) is 0 Å². The van der Waals surface area contributed by atoms with Gasteiger partial charge in [0.25, 0.3) is 0 Å². The van der Waals surface area contributed by atoms with Gasteiger partial charge < -0.3 is 10.6 Å². The first-order valence-electron chi connectivity index (χ1n) is 7.75. The number of aryl methyl sites for hydroxylation is 1. The average Bonchev–Trinajstić information content (AvgIpc) is 2.42. The average molecular weight is 274 g/mol. The van der Waals surface area contributed by atoms with Crippen LogP contribution in [0.25, 0.3) is 0 Å². The minimum Gasteiger partial charge on any atom is -0.382 e. The van der Waals surface area contributed by atoms with Crippen molar-refractivity contribution < 1.29 is 4.79 Å². The summed E-state index contributed by atoms with van der Waals surface area (Å²) >= 11 is 0. The Morgan fingerprint density at radius 1 is 1.30 bits per heavy atom. The van der Waals surface area contributed by atoms with E-state index in [1.165, 1.54) is 37.7 Å². The van der Waals surface area contributed by atoms with E-state index in [1.807, 2.05) is 6.07 Å². The van der Waals surface area contributed by atoms with Gasteiger partial charge in [-0.3, -0.25) is 4.79 Å². The van der Waals surface area contributed by atoms with Crippen LogP contribution in [-0.2, 0) is 4.79 Å². The topological polar surface area (TPSA) is 41.1 Å². The molecular formula is C17H26N2O. The molecule has 0 saturated heterocycles. The molecule has 0 aromatic heterocycles. The van der Waals surface area contributed by atoms with Crippen LogP contribution in [0, 0.1) is 12.8 Å². The van der Waals surface area contributed by atoms with Crippen molar-refractivity contribution in [2.45, 2.75) is 58.9 Å². The zero-order valence-electron chi connectivity index (χ0n) is 12.8. The number of anilines is 2. The Bertz CT molecular complexity index is 470. The number of hydrogen-bond donors (Lipinski definition) is 2. The van der Waals surface area contributed by atoms with Crippen molar-refractivity contribution >= 4 is 17.3 Å². The summed E-state index contributed by atoms with van der Waals surface area (Å²) in [4.78, 5) is 11.2. The van der Waals surface area contributed by atoms with Crippen LogP contribution in [0.15, 0.2) is 18.2 Å². The molecule has 2 unspecified atom stereocenters. The van der Waals surface area contributed by atoms with Crippen LogP contribution in [0.4, 0.5) is 11.4 Å². The SMILES string of the molecule is CCC1CCCCC1Nc1cc(NC(C)=O)ccc1C. The summed E-state index contributed by atoms with van der Waals surface area (Å²) in [5, 5.41) is 6.57. The van der Waals surface area contributed by atoms with E-state index in [0.717, 1.165) is 17.3 Å². The summed E-state index contributed by atoms with van der Waals surface area (Å²) < 4.78 is 0. The Balaban J connectivity index is 2.12. The van der Waals surface area contributed by atoms with Gasteiger partial charge in [-0.2, -0.15) is 0 Å². The van der Waals surface area contributed by atoms with Crippen molar-refractivity contribution in [2.24, 2.45) is 5.92 Å². The van der Waals surface area contributed by atoms with Crippen LogP contribution >= 0.6 is 0 Å². The lowest BCUT2D eigenvalue weighted by atomic mass is 9.82. The number of amides is 1. The summed E-state index contributed by atoms with van der Waals surface area (Å²) in [7, 11) is 0. The van der Waals surface area contributed by atoms with E-state index in [1.54, 1.807) is 6.92 Å². The molecule has 1 aliphatic carbocycles. The summed E-state index contributed by atoms with van der Waals surface area (Å²) in [6.07, 6.45) is 6.50. The highest BCUT2D eigenvalue weighted by Gasteiger charge is 2.23. The maximum atomic E-state index is 11.2. The van der Waals surface area contributed by atoms with Crippen molar-refractivity contribution in [1.82, 2.24) is 0 Å². The second-order valence-corrected chi connectivity index (χ2v) is 5.91. The second-order valence-electron chi connectivity index (χ2n) is 5.91. The zero-order valence-corrected chi connectivity index (χ0v) is 12.8. The van der Waals surface area contributed by atoms with Crippen LogP contribution in [-0.4, -0.2) is 11.9 Å². The van der Waals surface area contributed by atoms with Gasteiger partial charge in [0.05, 0.1) is 0 Å². The van der Waals surface area contributed by atoms with Crippen LogP contribution in [0.1, 0.15) is 51.5 Å². The zero-order chi connectivity index (χ0) is 14.5. The molecule has 1 fully saturated rings. The summed E-state index contributed by atoms with van der Waals surface area (Å²) in [6, 6.07) is 6.65. The lowest BCUT2D eigenvalue weighted by molar-refractivity contribution is -0.114.